The van der Waals surface area contributed by atoms with Crippen LogP contribution in [0.15, 0.2) is 34.4 Å². The highest BCUT2D eigenvalue weighted by molar-refractivity contribution is 5.97. The first-order valence-corrected chi connectivity index (χ1v) is 20.3. The lowest BCUT2D eigenvalue weighted by Gasteiger charge is -2.31. The van der Waals surface area contributed by atoms with E-state index in [1.54, 1.807) is 19.1 Å². The van der Waals surface area contributed by atoms with Crippen molar-refractivity contribution in [3.63, 3.8) is 0 Å². The number of carboxylic acids is 1. The molecule has 5 amide bonds. The van der Waals surface area contributed by atoms with Crippen molar-refractivity contribution < 1.29 is 39.0 Å². The van der Waals surface area contributed by atoms with Crippen molar-refractivity contribution in [3.05, 3.63) is 40.3 Å². The first-order valence-electron chi connectivity index (χ1n) is 20.3. The zero-order valence-electron chi connectivity index (χ0n) is 34.6. The van der Waals surface area contributed by atoms with E-state index in [1.807, 2.05) is 20.8 Å². The van der Waals surface area contributed by atoms with Gasteiger partial charge in [-0.2, -0.15) is 0 Å². The summed E-state index contributed by atoms with van der Waals surface area (Å²) in [6, 6.07) is -0.870. The number of nitrogens with zero attached hydrogens (tertiary/aromatic N) is 5. The number of guanidine groups is 1. The fourth-order valence-electron chi connectivity index (χ4n) is 6.75. The number of hydrogen-bond donors (Lipinski definition) is 9. The van der Waals surface area contributed by atoms with Crippen LogP contribution in [0.25, 0.3) is 10.4 Å². The van der Waals surface area contributed by atoms with Crippen LogP contribution in [0.4, 0.5) is 0 Å². The normalized spacial score (nSPS) is 16.6. The Morgan fingerprint density at radius 3 is 2.17 bits per heavy atom. The molecule has 0 bridgehead atoms. The van der Waals surface area contributed by atoms with Gasteiger partial charge < -0.3 is 53.6 Å². The second-order valence-electron chi connectivity index (χ2n) is 15.4. The van der Waals surface area contributed by atoms with Gasteiger partial charge in [-0.1, -0.05) is 64.2 Å². The van der Waals surface area contributed by atoms with Crippen LogP contribution in [0.2, 0.25) is 0 Å². The maximum atomic E-state index is 14.2. The van der Waals surface area contributed by atoms with E-state index in [1.165, 1.54) is 17.0 Å². The number of hydrogen-bond acceptors (Lipinski definition) is 10. The Balaban J connectivity index is 2.40. The number of carboxylic acid groups (broad SMARTS) is 1. The predicted octanol–water partition coefficient (Wildman–Crippen LogP) is 1.29. The van der Waals surface area contributed by atoms with Gasteiger partial charge in [0.25, 0.3) is 0 Å². The van der Waals surface area contributed by atoms with E-state index in [4.69, 9.17) is 22.7 Å². The van der Waals surface area contributed by atoms with Crippen LogP contribution >= 0.6 is 0 Å². The molecule has 0 radical (unpaired) electrons. The molecule has 1 heterocycles. The Morgan fingerprint density at radius 1 is 0.898 bits per heavy atom. The number of carbonyl (C=O) groups excluding carboxylic acids is 5. The zero-order chi connectivity index (χ0) is 44.1. The number of unbranched alkanes of at least 4 members (excludes halogenated alkanes) is 2. The minimum atomic E-state index is -1.27. The van der Waals surface area contributed by atoms with Crippen molar-refractivity contribution in [2.75, 3.05) is 19.6 Å². The number of aliphatic carboxylic acids is 1. The molecule has 12 N–H and O–H groups in total. The maximum absolute atomic E-state index is 14.2. The molecule has 59 heavy (non-hydrogen) atoms. The lowest BCUT2D eigenvalue weighted by Crippen LogP contribution is -2.60. The monoisotopic (exact) mass is 828 g/mol. The molecule has 1 aliphatic heterocycles. The SMILES string of the molecule is CC[C@H](C)[C@@H](NC(=O)[C@@H](Cc1ccc(O)cc1)NC(=O)[C@H]1CCCN1C(=O)[C@@H](CCCN=C(N)N)NC(=O)C(CCCCCN)N=[N+]=[N-])C(=O)N[C@H](CC(C)C)C(=O)O. The van der Waals surface area contributed by atoms with E-state index in [0.717, 1.165) is 6.42 Å². The van der Waals surface area contributed by atoms with Gasteiger partial charge in [-0.3, -0.25) is 29.0 Å². The number of likely N-dealkylation sites (tertiary alicyclic amines) is 1. The van der Waals surface area contributed by atoms with Crippen LogP contribution < -0.4 is 38.5 Å². The third-order valence-corrected chi connectivity index (χ3v) is 10.2. The maximum Gasteiger partial charge on any atom is 0.326 e. The topological polar surface area (TPSA) is 333 Å². The number of aromatic hydroxyl groups is 1. The molecule has 0 aliphatic carbocycles. The molecule has 1 unspecified atom stereocenters. The lowest BCUT2D eigenvalue weighted by atomic mass is 9.96. The summed E-state index contributed by atoms with van der Waals surface area (Å²) in [5.41, 5.74) is 26.2. The third kappa shape index (κ3) is 17.0. The summed E-state index contributed by atoms with van der Waals surface area (Å²) in [7, 11) is 0. The smallest absolute Gasteiger partial charge is 0.326 e. The number of rotatable bonds is 26. The fraction of sp³-hybridized carbons (Fsp3) is 0.667. The van der Waals surface area contributed by atoms with Crippen molar-refractivity contribution in [2.24, 2.45) is 39.1 Å². The molecule has 1 aromatic carbocycles. The lowest BCUT2D eigenvalue weighted by molar-refractivity contribution is -0.143. The van der Waals surface area contributed by atoms with Crippen LogP contribution in [-0.2, 0) is 35.2 Å². The summed E-state index contributed by atoms with van der Waals surface area (Å²) >= 11 is 0. The molecule has 328 valence electrons. The Labute approximate surface area is 345 Å². The Hall–Kier alpha value is -5.62. The van der Waals surface area contributed by atoms with Gasteiger partial charge in [-0.05, 0) is 86.6 Å². The third-order valence-electron chi connectivity index (χ3n) is 10.2. The summed E-state index contributed by atoms with van der Waals surface area (Å²) in [4.78, 5) is 89.5. The number of amides is 5. The molecular formula is C39H64N12O8. The zero-order valence-corrected chi connectivity index (χ0v) is 34.6. The summed E-state index contributed by atoms with van der Waals surface area (Å²) in [6.45, 7) is 8.00. The molecule has 0 aromatic heterocycles. The van der Waals surface area contributed by atoms with Gasteiger partial charge in [0.1, 0.15) is 42.0 Å². The van der Waals surface area contributed by atoms with Crippen molar-refractivity contribution in [2.45, 2.75) is 135 Å². The molecule has 1 aromatic rings. The molecule has 1 fully saturated rings. The van der Waals surface area contributed by atoms with E-state index < -0.39 is 77.7 Å². The van der Waals surface area contributed by atoms with Gasteiger partial charge in [0.15, 0.2) is 5.96 Å². The predicted molar refractivity (Wildman–Crippen MR) is 221 cm³/mol. The molecule has 1 saturated heterocycles. The Morgan fingerprint density at radius 2 is 1.58 bits per heavy atom. The van der Waals surface area contributed by atoms with E-state index in [2.05, 4.69) is 36.3 Å². The van der Waals surface area contributed by atoms with Gasteiger partial charge in [0.05, 0.1) is 0 Å². The first kappa shape index (κ1) is 49.5. The van der Waals surface area contributed by atoms with E-state index in [-0.39, 0.29) is 69.2 Å². The minimum absolute atomic E-state index is 0.0147. The van der Waals surface area contributed by atoms with Crippen molar-refractivity contribution in [1.29, 1.82) is 0 Å². The average Bonchev–Trinajstić information content (AvgIpc) is 3.69. The molecule has 7 atom stereocenters. The number of benzene rings is 1. The largest absolute Gasteiger partial charge is 0.508 e. The highest BCUT2D eigenvalue weighted by Gasteiger charge is 2.40. The van der Waals surface area contributed by atoms with Crippen LogP contribution in [0.5, 0.6) is 5.75 Å². The number of azide groups is 1. The standard InChI is InChI=1S/C39H64N12O8/c1-5-24(4)32(36(56)47-30(38(58)59)21-23(2)3)48-34(54)29(22-25-14-16-26(52)17-15-25)46-35(55)31-13-10-20-51(31)37(57)28(12-9-19-44-39(41)42)45-33(53)27(49-50-43)11-7-6-8-18-40/h14-17,23-24,27-32,52H,5-13,18-22,40H2,1-4H3,(H,45,53)(H,46,55)(H,47,56)(H,48,54)(H,58,59)(H4,41,42,44)/t24-,27?,28+,29+,30+,31+,32+/m0/s1. The van der Waals surface area contributed by atoms with Gasteiger partial charge in [0.2, 0.25) is 29.5 Å². The fourth-order valence-corrected chi connectivity index (χ4v) is 6.75. The van der Waals surface area contributed by atoms with Crippen LogP contribution in [0, 0.1) is 11.8 Å². The van der Waals surface area contributed by atoms with Gasteiger partial charge in [-0.15, -0.1) is 0 Å². The van der Waals surface area contributed by atoms with Gasteiger partial charge >= 0.3 is 5.97 Å². The van der Waals surface area contributed by atoms with Gasteiger partial charge in [0, 0.05) is 24.4 Å². The molecule has 0 saturated carbocycles. The van der Waals surface area contributed by atoms with Crippen molar-refractivity contribution in [1.82, 2.24) is 26.2 Å². The molecule has 1 aliphatic rings. The highest BCUT2D eigenvalue weighted by atomic mass is 16.4. The molecule has 20 nitrogen and oxygen atoms in total. The molecule has 20 heteroatoms. The summed E-state index contributed by atoms with van der Waals surface area (Å²) in [5.74, 6) is -5.12. The summed E-state index contributed by atoms with van der Waals surface area (Å²) < 4.78 is 0. The number of nitrogens with two attached hydrogens (primary N) is 3. The van der Waals surface area contributed by atoms with Crippen LogP contribution in [-0.4, -0.2) is 112 Å². The quantitative estimate of drug-likeness (QED) is 0.0160. The van der Waals surface area contributed by atoms with Crippen LogP contribution in [0.3, 0.4) is 0 Å². The summed E-state index contributed by atoms with van der Waals surface area (Å²) in [5, 5.41) is 34.1. The number of aliphatic imine (C=N–C) groups is 1. The number of carbonyl (C=O) groups is 6. The Kier molecular flexibility index (Phi) is 21.6. The van der Waals surface area contributed by atoms with E-state index in [0.29, 0.717) is 37.8 Å². The van der Waals surface area contributed by atoms with Crippen LogP contribution in [0.1, 0.15) is 97.5 Å². The average molecular weight is 829 g/mol. The summed E-state index contributed by atoms with van der Waals surface area (Å²) in [6.07, 6.45) is 3.86. The van der Waals surface area contributed by atoms with Crippen molar-refractivity contribution >= 4 is 41.5 Å². The van der Waals surface area contributed by atoms with Gasteiger partial charge in [-0.25, -0.2) is 4.79 Å². The molecular weight excluding hydrogens is 765 g/mol. The second-order valence-corrected chi connectivity index (χ2v) is 15.4. The number of phenolic OH excluding ortho intramolecular Hbond substituents is 1. The molecule has 2 rings (SSSR count). The first-order chi connectivity index (χ1) is 28.0. The van der Waals surface area contributed by atoms with Crippen molar-refractivity contribution in [3.8, 4) is 5.75 Å². The van der Waals surface area contributed by atoms with E-state index >= 15 is 0 Å². The minimum Gasteiger partial charge on any atom is -0.508 e. The number of nitrogens with one attached hydrogen (secondary N) is 4. The Bertz CT molecular complexity index is 1630. The molecule has 0 spiro atoms. The highest BCUT2D eigenvalue weighted by Crippen LogP contribution is 2.22. The number of phenols is 1. The second kappa shape index (κ2) is 25.7. The van der Waals surface area contributed by atoms with E-state index in [9.17, 15) is 39.0 Å².